The first-order valence-corrected chi connectivity index (χ1v) is 5.35. The minimum Gasteiger partial charge on any atom is -0.0952 e. The van der Waals surface area contributed by atoms with Crippen LogP contribution in [0.15, 0.2) is 24.8 Å². The van der Waals surface area contributed by atoms with E-state index in [-0.39, 0.29) is 0 Å². The highest BCUT2D eigenvalue weighted by Gasteiger charge is 2.05. The maximum Gasteiger partial charge on any atom is -0.0216 e. The van der Waals surface area contributed by atoms with Crippen LogP contribution in [0.2, 0.25) is 0 Å². The maximum atomic E-state index is 4.07. The smallest absolute Gasteiger partial charge is 0.0216 e. The molecule has 0 amide bonds. The van der Waals surface area contributed by atoms with Crippen molar-refractivity contribution < 1.29 is 0 Å². The molecular formula is C14H20. The Morgan fingerprint density at radius 3 is 2.50 bits per heavy atom. The standard InChI is InChI=1S/C14H20/c1-6-11(4)13-8-7-12(5)14(9-13)10(2)3/h7-10H,4,6H2,1-3,5H3. The van der Waals surface area contributed by atoms with Crippen molar-refractivity contribution in [3.8, 4) is 0 Å². The van der Waals surface area contributed by atoms with Gasteiger partial charge in [0.05, 0.1) is 0 Å². The van der Waals surface area contributed by atoms with Gasteiger partial charge in [-0.05, 0) is 41.5 Å². The highest BCUT2D eigenvalue weighted by Crippen LogP contribution is 2.24. The van der Waals surface area contributed by atoms with Crippen LogP contribution in [0.25, 0.3) is 5.57 Å². The molecular weight excluding hydrogens is 168 g/mol. The molecule has 0 heterocycles. The number of benzene rings is 1. The summed E-state index contributed by atoms with van der Waals surface area (Å²) in [6, 6.07) is 6.66. The van der Waals surface area contributed by atoms with Crippen molar-refractivity contribution in [3.05, 3.63) is 41.5 Å². The van der Waals surface area contributed by atoms with E-state index in [1.54, 1.807) is 0 Å². The van der Waals surface area contributed by atoms with Gasteiger partial charge in [0.25, 0.3) is 0 Å². The zero-order chi connectivity index (χ0) is 10.7. The van der Waals surface area contributed by atoms with Gasteiger partial charge in [0.15, 0.2) is 0 Å². The number of hydrogen-bond donors (Lipinski definition) is 0. The predicted molar refractivity (Wildman–Crippen MR) is 64.6 cm³/mol. The minimum atomic E-state index is 0.597. The number of hydrogen-bond acceptors (Lipinski definition) is 0. The monoisotopic (exact) mass is 188 g/mol. The first kappa shape index (κ1) is 11.0. The molecule has 0 aromatic heterocycles. The van der Waals surface area contributed by atoms with Crippen LogP contribution in [0.1, 0.15) is 49.8 Å². The lowest BCUT2D eigenvalue weighted by molar-refractivity contribution is 0.855. The average molecular weight is 188 g/mol. The van der Waals surface area contributed by atoms with Gasteiger partial charge in [0, 0.05) is 0 Å². The third kappa shape index (κ3) is 2.25. The molecule has 0 aliphatic carbocycles. The molecule has 1 aromatic carbocycles. The zero-order valence-electron chi connectivity index (χ0n) is 9.72. The average Bonchev–Trinajstić information content (AvgIpc) is 2.17. The van der Waals surface area contributed by atoms with Crippen LogP contribution in [-0.2, 0) is 0 Å². The van der Waals surface area contributed by atoms with E-state index in [1.807, 2.05) is 0 Å². The SMILES string of the molecule is C=C(CC)c1ccc(C)c(C(C)C)c1. The summed E-state index contributed by atoms with van der Waals surface area (Å²) in [5.74, 6) is 0.597. The summed E-state index contributed by atoms with van der Waals surface area (Å²) >= 11 is 0. The fourth-order valence-electron chi connectivity index (χ4n) is 1.69. The second-order valence-corrected chi connectivity index (χ2v) is 4.18. The molecule has 0 saturated heterocycles. The lowest BCUT2D eigenvalue weighted by atomic mass is 9.93. The molecule has 0 nitrogen and oxygen atoms in total. The summed E-state index contributed by atoms with van der Waals surface area (Å²) in [7, 11) is 0. The second kappa shape index (κ2) is 4.45. The topological polar surface area (TPSA) is 0 Å². The normalized spacial score (nSPS) is 10.6. The summed E-state index contributed by atoms with van der Waals surface area (Å²) in [5.41, 5.74) is 5.35. The Balaban J connectivity index is 3.13. The Bertz CT molecular complexity index is 332. The molecule has 0 radical (unpaired) electrons. The van der Waals surface area contributed by atoms with Crippen molar-refractivity contribution in [1.29, 1.82) is 0 Å². The Morgan fingerprint density at radius 2 is 2.00 bits per heavy atom. The van der Waals surface area contributed by atoms with Crippen molar-refractivity contribution >= 4 is 5.57 Å². The highest BCUT2D eigenvalue weighted by atomic mass is 14.1. The number of aryl methyl sites for hydroxylation is 1. The first-order chi connectivity index (χ1) is 6.56. The van der Waals surface area contributed by atoms with Crippen molar-refractivity contribution in [2.75, 3.05) is 0 Å². The lowest BCUT2D eigenvalue weighted by Gasteiger charge is -2.12. The van der Waals surface area contributed by atoms with Gasteiger partial charge in [0.2, 0.25) is 0 Å². The van der Waals surface area contributed by atoms with Crippen LogP contribution in [0.5, 0.6) is 0 Å². The van der Waals surface area contributed by atoms with E-state index >= 15 is 0 Å². The first-order valence-electron chi connectivity index (χ1n) is 5.35. The number of allylic oxidation sites excluding steroid dienone is 1. The van der Waals surface area contributed by atoms with Crippen molar-refractivity contribution in [1.82, 2.24) is 0 Å². The molecule has 0 atom stereocenters. The van der Waals surface area contributed by atoms with E-state index in [0.717, 1.165) is 6.42 Å². The van der Waals surface area contributed by atoms with Gasteiger partial charge in [-0.15, -0.1) is 0 Å². The van der Waals surface area contributed by atoms with Gasteiger partial charge >= 0.3 is 0 Å². The van der Waals surface area contributed by atoms with Gasteiger partial charge in [-0.2, -0.15) is 0 Å². The summed E-state index contributed by atoms with van der Waals surface area (Å²) in [4.78, 5) is 0. The van der Waals surface area contributed by atoms with E-state index in [9.17, 15) is 0 Å². The molecule has 0 unspecified atom stereocenters. The molecule has 1 rings (SSSR count). The van der Waals surface area contributed by atoms with E-state index < -0.39 is 0 Å². The molecule has 0 heteroatoms. The molecule has 0 saturated carbocycles. The molecule has 14 heavy (non-hydrogen) atoms. The quantitative estimate of drug-likeness (QED) is 0.653. The second-order valence-electron chi connectivity index (χ2n) is 4.18. The van der Waals surface area contributed by atoms with E-state index in [0.29, 0.717) is 5.92 Å². The van der Waals surface area contributed by atoms with Crippen molar-refractivity contribution in [3.63, 3.8) is 0 Å². The Kier molecular flexibility index (Phi) is 3.51. The van der Waals surface area contributed by atoms with Gasteiger partial charge in [0.1, 0.15) is 0 Å². The van der Waals surface area contributed by atoms with E-state index in [4.69, 9.17) is 0 Å². The van der Waals surface area contributed by atoms with E-state index in [1.165, 1.54) is 22.3 Å². The Labute approximate surface area is 87.7 Å². The summed E-state index contributed by atoms with van der Waals surface area (Å²) in [6.45, 7) is 12.9. The minimum absolute atomic E-state index is 0.597. The van der Waals surface area contributed by atoms with Gasteiger partial charge in [-0.3, -0.25) is 0 Å². The summed E-state index contributed by atoms with van der Waals surface area (Å²) in [6.07, 6.45) is 1.03. The largest absolute Gasteiger partial charge is 0.0952 e. The molecule has 0 bridgehead atoms. The molecule has 0 fully saturated rings. The van der Waals surface area contributed by atoms with Gasteiger partial charge in [-0.1, -0.05) is 45.5 Å². The molecule has 0 aliphatic heterocycles. The van der Waals surface area contributed by atoms with Crippen LogP contribution in [0.4, 0.5) is 0 Å². The summed E-state index contributed by atoms with van der Waals surface area (Å²) in [5, 5.41) is 0. The lowest BCUT2D eigenvalue weighted by Crippen LogP contribution is -1.93. The maximum absolute atomic E-state index is 4.07. The van der Waals surface area contributed by atoms with Crippen LogP contribution in [-0.4, -0.2) is 0 Å². The van der Waals surface area contributed by atoms with Crippen molar-refractivity contribution in [2.24, 2.45) is 0 Å². The van der Waals surface area contributed by atoms with Crippen LogP contribution in [0, 0.1) is 6.92 Å². The molecule has 1 aromatic rings. The summed E-state index contributed by atoms with van der Waals surface area (Å²) < 4.78 is 0. The third-order valence-electron chi connectivity index (χ3n) is 2.74. The molecule has 0 N–H and O–H groups in total. The van der Waals surface area contributed by atoms with Crippen LogP contribution < -0.4 is 0 Å². The Morgan fingerprint density at radius 1 is 1.36 bits per heavy atom. The molecule has 0 spiro atoms. The van der Waals surface area contributed by atoms with Crippen LogP contribution >= 0.6 is 0 Å². The fraction of sp³-hybridized carbons (Fsp3) is 0.429. The third-order valence-corrected chi connectivity index (χ3v) is 2.74. The molecule has 76 valence electrons. The zero-order valence-corrected chi connectivity index (χ0v) is 9.72. The van der Waals surface area contributed by atoms with Gasteiger partial charge < -0.3 is 0 Å². The van der Waals surface area contributed by atoms with Crippen molar-refractivity contribution in [2.45, 2.75) is 40.0 Å². The predicted octanol–water partition coefficient (Wildman–Crippen LogP) is 4.54. The van der Waals surface area contributed by atoms with Crippen LogP contribution in [0.3, 0.4) is 0 Å². The number of rotatable bonds is 3. The Hall–Kier alpha value is -1.04. The van der Waals surface area contributed by atoms with E-state index in [2.05, 4.69) is 52.5 Å². The fourth-order valence-corrected chi connectivity index (χ4v) is 1.69. The highest BCUT2D eigenvalue weighted by molar-refractivity contribution is 5.64. The van der Waals surface area contributed by atoms with Gasteiger partial charge in [-0.25, -0.2) is 0 Å². The molecule has 0 aliphatic rings.